The van der Waals surface area contributed by atoms with E-state index in [0.29, 0.717) is 16.7 Å². The third kappa shape index (κ3) is 5.35. The zero-order chi connectivity index (χ0) is 15.8. The molecule has 3 atom stereocenters. The highest BCUT2D eigenvalue weighted by Crippen LogP contribution is 2.25. The number of hydrogen-bond acceptors (Lipinski definition) is 6. The second-order valence-corrected chi connectivity index (χ2v) is 4.85. The van der Waals surface area contributed by atoms with E-state index in [1.807, 2.05) is 0 Å². The first-order chi connectivity index (χ1) is 10.0. The van der Waals surface area contributed by atoms with Crippen molar-refractivity contribution >= 4 is 0 Å². The van der Waals surface area contributed by atoms with Gasteiger partial charge in [0, 0.05) is 21.3 Å². The molecule has 1 aromatic carbocycles. The molecule has 6 nitrogen and oxygen atoms in total. The zero-order valence-electron chi connectivity index (χ0n) is 12.7. The number of ether oxygens (including phenoxy) is 3. The first kappa shape index (κ1) is 18.0. The van der Waals surface area contributed by atoms with Crippen LogP contribution >= 0.6 is 0 Å². The first-order valence-corrected chi connectivity index (χ1v) is 6.69. The van der Waals surface area contributed by atoms with Crippen LogP contribution in [0.2, 0.25) is 0 Å². The van der Waals surface area contributed by atoms with Crippen LogP contribution in [0.5, 0.6) is 0 Å². The third-order valence-corrected chi connectivity index (χ3v) is 3.13. The fraction of sp³-hybridized carbons (Fsp3) is 0.600. The Morgan fingerprint density at radius 1 is 0.667 bits per heavy atom. The van der Waals surface area contributed by atoms with Gasteiger partial charge in [-0.15, -0.1) is 0 Å². The number of aliphatic hydroxyl groups is 3. The minimum atomic E-state index is -0.835. The van der Waals surface area contributed by atoms with Crippen molar-refractivity contribution in [1.29, 1.82) is 0 Å². The monoisotopic (exact) mass is 300 g/mol. The predicted octanol–water partition coefficient (Wildman–Crippen LogP) is 0.726. The van der Waals surface area contributed by atoms with E-state index >= 15 is 0 Å². The third-order valence-electron chi connectivity index (χ3n) is 3.13. The van der Waals surface area contributed by atoms with Gasteiger partial charge in [-0.2, -0.15) is 0 Å². The van der Waals surface area contributed by atoms with Gasteiger partial charge < -0.3 is 29.5 Å². The minimum Gasteiger partial charge on any atom is -0.386 e. The van der Waals surface area contributed by atoms with Gasteiger partial charge in [-0.3, -0.25) is 0 Å². The normalized spacial score (nSPS) is 15.7. The number of benzene rings is 1. The zero-order valence-corrected chi connectivity index (χ0v) is 12.7. The Hall–Kier alpha value is -1.02. The Bertz CT molecular complexity index is 348. The molecule has 0 aliphatic heterocycles. The summed E-state index contributed by atoms with van der Waals surface area (Å²) in [6.45, 7) is 0.386. The Balaban J connectivity index is 3.12. The highest BCUT2D eigenvalue weighted by atomic mass is 16.5. The van der Waals surface area contributed by atoms with E-state index < -0.39 is 18.3 Å². The summed E-state index contributed by atoms with van der Waals surface area (Å²) in [5.74, 6) is 0. The Morgan fingerprint density at radius 3 is 1.10 bits per heavy atom. The summed E-state index contributed by atoms with van der Waals surface area (Å²) in [5.41, 5.74) is 1.69. The number of methoxy groups -OCH3 is 3. The van der Waals surface area contributed by atoms with Gasteiger partial charge in [-0.05, 0) is 16.7 Å². The van der Waals surface area contributed by atoms with Crippen LogP contribution in [-0.2, 0) is 14.2 Å². The molecule has 3 unspecified atom stereocenters. The molecular formula is C15H24O6. The second-order valence-electron chi connectivity index (χ2n) is 4.85. The van der Waals surface area contributed by atoms with Crippen molar-refractivity contribution in [3.63, 3.8) is 0 Å². The summed E-state index contributed by atoms with van der Waals surface area (Å²) < 4.78 is 14.8. The second kappa shape index (κ2) is 9.09. The molecule has 0 radical (unpaired) electrons. The standard InChI is InChI=1S/C15H24O6/c1-19-7-13(16)10-4-11(14(17)8-20-2)6-12(5-10)15(18)9-21-3/h4-6,13-18H,7-9H2,1-3H3. The fourth-order valence-electron chi connectivity index (χ4n) is 2.04. The highest BCUT2D eigenvalue weighted by molar-refractivity contribution is 5.34. The Labute approximate surface area is 124 Å². The van der Waals surface area contributed by atoms with Crippen molar-refractivity contribution in [3.05, 3.63) is 34.9 Å². The molecule has 0 spiro atoms. The Morgan fingerprint density at radius 2 is 0.905 bits per heavy atom. The van der Waals surface area contributed by atoms with Gasteiger partial charge in [0.25, 0.3) is 0 Å². The quantitative estimate of drug-likeness (QED) is 0.623. The van der Waals surface area contributed by atoms with Crippen LogP contribution in [0.3, 0.4) is 0 Å². The van der Waals surface area contributed by atoms with Crippen LogP contribution in [0.25, 0.3) is 0 Å². The maximum Gasteiger partial charge on any atom is 0.102 e. The molecule has 0 aromatic heterocycles. The van der Waals surface area contributed by atoms with Gasteiger partial charge in [0.15, 0.2) is 0 Å². The summed E-state index contributed by atoms with van der Waals surface area (Å²) in [5, 5.41) is 30.1. The largest absolute Gasteiger partial charge is 0.386 e. The number of aliphatic hydroxyl groups excluding tert-OH is 3. The van der Waals surface area contributed by atoms with Crippen molar-refractivity contribution in [3.8, 4) is 0 Å². The fourth-order valence-corrected chi connectivity index (χ4v) is 2.04. The van der Waals surface area contributed by atoms with Crippen LogP contribution < -0.4 is 0 Å². The van der Waals surface area contributed by atoms with Crippen LogP contribution in [0.4, 0.5) is 0 Å². The molecule has 0 aliphatic rings. The molecule has 0 amide bonds. The van der Waals surface area contributed by atoms with Crippen molar-refractivity contribution in [2.75, 3.05) is 41.2 Å². The summed E-state index contributed by atoms with van der Waals surface area (Å²) in [7, 11) is 4.48. The predicted molar refractivity (Wildman–Crippen MR) is 76.9 cm³/mol. The molecule has 21 heavy (non-hydrogen) atoms. The first-order valence-electron chi connectivity index (χ1n) is 6.69. The molecule has 1 aromatic rings. The molecule has 3 N–H and O–H groups in total. The minimum absolute atomic E-state index is 0.129. The van der Waals surface area contributed by atoms with E-state index in [1.165, 1.54) is 21.3 Å². The average Bonchev–Trinajstić information content (AvgIpc) is 2.47. The lowest BCUT2D eigenvalue weighted by molar-refractivity contribution is 0.0561. The van der Waals surface area contributed by atoms with Gasteiger partial charge >= 0.3 is 0 Å². The van der Waals surface area contributed by atoms with E-state index in [4.69, 9.17) is 14.2 Å². The molecular weight excluding hydrogens is 276 g/mol. The van der Waals surface area contributed by atoms with E-state index in [1.54, 1.807) is 18.2 Å². The van der Waals surface area contributed by atoms with Crippen molar-refractivity contribution < 1.29 is 29.5 Å². The highest BCUT2D eigenvalue weighted by Gasteiger charge is 2.17. The average molecular weight is 300 g/mol. The molecule has 0 heterocycles. The lowest BCUT2D eigenvalue weighted by Gasteiger charge is -2.19. The summed E-state index contributed by atoms with van der Waals surface area (Å²) in [4.78, 5) is 0. The molecule has 0 aliphatic carbocycles. The maximum atomic E-state index is 10.0. The van der Waals surface area contributed by atoms with E-state index in [2.05, 4.69) is 0 Å². The summed E-state index contributed by atoms with van der Waals surface area (Å²) in [6, 6.07) is 5.03. The van der Waals surface area contributed by atoms with Crippen LogP contribution in [-0.4, -0.2) is 56.5 Å². The topological polar surface area (TPSA) is 88.4 Å². The van der Waals surface area contributed by atoms with Gasteiger partial charge in [0.1, 0.15) is 18.3 Å². The molecule has 6 heteroatoms. The van der Waals surface area contributed by atoms with E-state index in [9.17, 15) is 15.3 Å². The lowest BCUT2D eigenvalue weighted by Crippen LogP contribution is -2.12. The van der Waals surface area contributed by atoms with Gasteiger partial charge in [0.2, 0.25) is 0 Å². The molecule has 120 valence electrons. The van der Waals surface area contributed by atoms with Crippen molar-refractivity contribution in [1.82, 2.24) is 0 Å². The molecule has 0 saturated heterocycles. The van der Waals surface area contributed by atoms with E-state index in [-0.39, 0.29) is 19.8 Å². The van der Waals surface area contributed by atoms with Crippen molar-refractivity contribution in [2.45, 2.75) is 18.3 Å². The van der Waals surface area contributed by atoms with Crippen LogP contribution in [0, 0.1) is 0 Å². The lowest BCUT2D eigenvalue weighted by atomic mass is 9.97. The van der Waals surface area contributed by atoms with Crippen LogP contribution in [0.15, 0.2) is 18.2 Å². The smallest absolute Gasteiger partial charge is 0.102 e. The maximum absolute atomic E-state index is 10.0. The van der Waals surface area contributed by atoms with Crippen molar-refractivity contribution in [2.24, 2.45) is 0 Å². The van der Waals surface area contributed by atoms with E-state index in [0.717, 1.165) is 0 Å². The number of hydrogen-bond donors (Lipinski definition) is 3. The SMILES string of the molecule is COCC(O)c1cc(C(O)COC)cc(C(O)COC)c1. The molecule has 1 rings (SSSR count). The van der Waals surface area contributed by atoms with Gasteiger partial charge in [0.05, 0.1) is 19.8 Å². The summed E-state index contributed by atoms with van der Waals surface area (Å²) in [6.07, 6.45) is -2.51. The van der Waals surface area contributed by atoms with Gasteiger partial charge in [-0.25, -0.2) is 0 Å². The van der Waals surface area contributed by atoms with Gasteiger partial charge in [-0.1, -0.05) is 18.2 Å². The molecule has 0 bridgehead atoms. The Kier molecular flexibility index (Phi) is 7.81. The molecule has 0 saturated carbocycles. The van der Waals surface area contributed by atoms with Crippen LogP contribution in [0.1, 0.15) is 35.0 Å². The summed E-state index contributed by atoms with van der Waals surface area (Å²) >= 11 is 0. The molecule has 0 fully saturated rings. The number of rotatable bonds is 9.